The fourth-order valence-electron chi connectivity index (χ4n) is 2.31. The van der Waals surface area contributed by atoms with Gasteiger partial charge in [0.15, 0.2) is 0 Å². The highest BCUT2D eigenvalue weighted by atomic mass is 14.7. The molecule has 0 radical (unpaired) electrons. The van der Waals surface area contributed by atoms with Gasteiger partial charge in [0, 0.05) is 24.3 Å². The van der Waals surface area contributed by atoms with E-state index in [-0.39, 0.29) is 5.69 Å². The normalized spacial score (nSPS) is 15.5. The highest BCUT2D eigenvalue weighted by Crippen LogP contribution is 2.33. The predicted molar refractivity (Wildman–Crippen MR) is 84.5 cm³/mol. The van der Waals surface area contributed by atoms with Crippen LogP contribution in [0.3, 0.4) is 0 Å². The lowest BCUT2D eigenvalue weighted by Crippen LogP contribution is -1.95. The van der Waals surface area contributed by atoms with E-state index in [0.717, 1.165) is 16.7 Å². The molecule has 0 aliphatic heterocycles. The summed E-state index contributed by atoms with van der Waals surface area (Å²) >= 11 is 0. The fourth-order valence-corrected chi connectivity index (χ4v) is 2.31. The maximum atomic E-state index is 8.21. The van der Waals surface area contributed by atoms with E-state index in [0.29, 0.717) is 5.56 Å². The number of aryl methyl sites for hydroxylation is 1. The zero-order chi connectivity index (χ0) is 18.1. The van der Waals surface area contributed by atoms with Crippen molar-refractivity contribution in [3.05, 3.63) is 78.6 Å². The second-order valence-corrected chi connectivity index (χ2v) is 4.44. The third-order valence-electron chi connectivity index (χ3n) is 3.22. The van der Waals surface area contributed by atoms with E-state index in [1.807, 2.05) is 60.7 Å². The highest BCUT2D eigenvalue weighted by Gasteiger charge is 2.11. The van der Waals surface area contributed by atoms with Crippen LogP contribution in [-0.4, -0.2) is 4.98 Å². The molecular formula is C19H17N. The topological polar surface area (TPSA) is 12.9 Å². The zero-order valence-corrected chi connectivity index (χ0v) is 10.9. The molecule has 0 spiro atoms. The Morgan fingerprint density at radius 1 is 0.900 bits per heavy atom. The molecule has 0 fully saturated rings. The van der Waals surface area contributed by atoms with Crippen LogP contribution in [0.4, 0.5) is 0 Å². The lowest BCUT2D eigenvalue weighted by Gasteiger charge is -2.13. The number of hydrogen-bond donors (Lipinski definition) is 0. The molecule has 1 heterocycles. The maximum absolute atomic E-state index is 8.21. The quantitative estimate of drug-likeness (QED) is 0.650. The van der Waals surface area contributed by atoms with Crippen LogP contribution in [0, 0.1) is 0 Å². The lowest BCUT2D eigenvalue weighted by molar-refractivity contribution is 1.04. The van der Waals surface area contributed by atoms with Crippen LogP contribution in [0.2, 0.25) is 0 Å². The summed E-state index contributed by atoms with van der Waals surface area (Å²) in [5.74, 6) is 0. The summed E-state index contributed by atoms with van der Waals surface area (Å²) in [5.41, 5.74) is 2.81. The summed E-state index contributed by atoms with van der Waals surface area (Å²) in [7, 11) is 0. The SMILES string of the molecule is [2H]C([2H])([2H])C([2H])([2H])c1nccc(-c2ccccc2)c1-c1ccccc1. The van der Waals surface area contributed by atoms with Crippen molar-refractivity contribution in [3.8, 4) is 22.3 Å². The minimum absolute atomic E-state index is 0.0694. The largest absolute Gasteiger partial charge is 0.261 e. The van der Waals surface area contributed by atoms with E-state index in [2.05, 4.69) is 4.98 Å². The van der Waals surface area contributed by atoms with Crippen molar-refractivity contribution in [1.29, 1.82) is 0 Å². The summed E-state index contributed by atoms with van der Waals surface area (Å²) < 4.78 is 39.3. The molecular weight excluding hydrogens is 242 g/mol. The minimum atomic E-state index is -2.82. The summed E-state index contributed by atoms with van der Waals surface area (Å²) in [6.07, 6.45) is -1.10. The summed E-state index contributed by atoms with van der Waals surface area (Å²) in [4.78, 5) is 4.14. The van der Waals surface area contributed by atoms with E-state index >= 15 is 0 Å². The van der Waals surface area contributed by atoms with Crippen LogP contribution < -0.4 is 0 Å². The molecule has 1 nitrogen and oxygen atoms in total. The first kappa shape index (κ1) is 8.01. The van der Waals surface area contributed by atoms with Crippen molar-refractivity contribution in [3.63, 3.8) is 0 Å². The van der Waals surface area contributed by atoms with Crippen molar-refractivity contribution < 1.29 is 6.85 Å². The Labute approximate surface area is 127 Å². The molecule has 0 atom stereocenters. The molecule has 0 unspecified atom stereocenters. The Morgan fingerprint density at radius 2 is 1.55 bits per heavy atom. The first-order valence-corrected chi connectivity index (χ1v) is 6.43. The molecule has 0 saturated carbocycles. The monoisotopic (exact) mass is 264 g/mol. The Balaban J connectivity index is 2.34. The summed E-state index contributed by atoms with van der Waals surface area (Å²) in [6, 6.07) is 20.5. The fraction of sp³-hybridized carbons (Fsp3) is 0.105. The van der Waals surface area contributed by atoms with Crippen molar-refractivity contribution in [2.45, 2.75) is 13.2 Å². The molecule has 2 aromatic carbocycles. The van der Waals surface area contributed by atoms with Crippen LogP contribution in [-0.2, 0) is 6.37 Å². The van der Waals surface area contributed by atoms with Gasteiger partial charge in [0.05, 0.1) is 0 Å². The number of pyridine rings is 1. The lowest BCUT2D eigenvalue weighted by atomic mass is 9.93. The van der Waals surface area contributed by atoms with Gasteiger partial charge in [-0.25, -0.2) is 0 Å². The molecule has 0 aliphatic rings. The standard InChI is InChI=1S/C19H17N/c1-2-18-19(16-11-7-4-8-12-16)17(13-14-20-18)15-9-5-3-6-10-15/h3-14H,2H2,1H3/i1D3,2D2. The van der Waals surface area contributed by atoms with Crippen molar-refractivity contribution in [1.82, 2.24) is 4.98 Å². The van der Waals surface area contributed by atoms with E-state index in [1.54, 1.807) is 6.07 Å². The average molecular weight is 264 g/mol. The van der Waals surface area contributed by atoms with Gasteiger partial charge in [0.1, 0.15) is 0 Å². The van der Waals surface area contributed by atoms with Gasteiger partial charge in [-0.1, -0.05) is 67.5 Å². The molecule has 0 bridgehead atoms. The summed E-state index contributed by atoms with van der Waals surface area (Å²) in [6.45, 7) is -2.82. The molecule has 0 aliphatic carbocycles. The van der Waals surface area contributed by atoms with Gasteiger partial charge in [-0.15, -0.1) is 0 Å². The van der Waals surface area contributed by atoms with E-state index in [4.69, 9.17) is 6.85 Å². The van der Waals surface area contributed by atoms with Gasteiger partial charge in [-0.3, -0.25) is 4.98 Å². The number of rotatable bonds is 3. The minimum Gasteiger partial charge on any atom is -0.261 e. The Kier molecular flexibility index (Phi) is 2.28. The molecule has 0 saturated heterocycles. The van der Waals surface area contributed by atoms with Gasteiger partial charge in [0.2, 0.25) is 0 Å². The molecule has 98 valence electrons. The molecule has 0 N–H and O–H groups in total. The van der Waals surface area contributed by atoms with Gasteiger partial charge < -0.3 is 0 Å². The Hall–Kier alpha value is -2.41. The van der Waals surface area contributed by atoms with Gasteiger partial charge >= 0.3 is 0 Å². The van der Waals surface area contributed by atoms with E-state index in [9.17, 15) is 0 Å². The van der Waals surface area contributed by atoms with E-state index in [1.165, 1.54) is 6.20 Å². The molecule has 0 amide bonds. The zero-order valence-electron chi connectivity index (χ0n) is 15.9. The first-order chi connectivity index (χ1) is 11.8. The van der Waals surface area contributed by atoms with Gasteiger partial charge in [-0.2, -0.15) is 0 Å². The third kappa shape index (κ3) is 2.35. The Bertz CT molecular complexity index is 858. The second-order valence-electron chi connectivity index (χ2n) is 4.44. The van der Waals surface area contributed by atoms with Crippen LogP contribution in [0.1, 0.15) is 19.4 Å². The Morgan fingerprint density at radius 3 is 2.20 bits per heavy atom. The average Bonchev–Trinajstić information content (AvgIpc) is 2.61. The molecule has 20 heavy (non-hydrogen) atoms. The number of hydrogen-bond acceptors (Lipinski definition) is 1. The van der Waals surface area contributed by atoms with E-state index < -0.39 is 13.2 Å². The van der Waals surface area contributed by atoms with Crippen LogP contribution in [0.15, 0.2) is 72.9 Å². The highest BCUT2D eigenvalue weighted by molar-refractivity contribution is 5.84. The molecule has 3 rings (SSSR count). The number of aromatic nitrogens is 1. The first-order valence-electron chi connectivity index (χ1n) is 8.93. The maximum Gasteiger partial charge on any atom is 0.0485 e. The smallest absolute Gasteiger partial charge is 0.0485 e. The predicted octanol–water partition coefficient (Wildman–Crippen LogP) is 4.98. The van der Waals surface area contributed by atoms with Crippen LogP contribution >= 0.6 is 0 Å². The van der Waals surface area contributed by atoms with Crippen LogP contribution in [0.5, 0.6) is 0 Å². The molecule has 1 heteroatoms. The van der Waals surface area contributed by atoms with Gasteiger partial charge in [0.25, 0.3) is 0 Å². The number of nitrogens with zero attached hydrogens (tertiary/aromatic N) is 1. The second kappa shape index (κ2) is 5.70. The van der Waals surface area contributed by atoms with Crippen molar-refractivity contribution >= 4 is 0 Å². The summed E-state index contributed by atoms with van der Waals surface area (Å²) in [5, 5.41) is 0. The van der Waals surface area contributed by atoms with Crippen molar-refractivity contribution in [2.24, 2.45) is 0 Å². The van der Waals surface area contributed by atoms with Crippen LogP contribution in [0.25, 0.3) is 22.3 Å². The molecule has 1 aromatic heterocycles. The number of benzene rings is 2. The molecule has 3 aromatic rings. The van der Waals surface area contributed by atoms with Gasteiger partial charge in [-0.05, 0) is 29.1 Å². The van der Waals surface area contributed by atoms with Crippen molar-refractivity contribution in [2.75, 3.05) is 0 Å². The third-order valence-corrected chi connectivity index (χ3v) is 3.22.